The average molecular weight is 751 g/mol. The van der Waals surface area contributed by atoms with Crippen LogP contribution < -0.4 is 0 Å². The number of hydrogen-bond acceptors (Lipinski definition) is 0. The minimum Gasteiger partial charge on any atom is -0.166 e. The van der Waals surface area contributed by atoms with Gasteiger partial charge < -0.3 is 0 Å². The lowest BCUT2D eigenvalue weighted by Gasteiger charge is -2.79. The molecule has 286 valence electrons. The summed E-state index contributed by atoms with van der Waals surface area (Å²) in [5, 5.41) is 0. The first-order chi connectivity index (χ1) is 25.6. The Morgan fingerprint density at radius 2 is 1.04 bits per heavy atom. The van der Waals surface area contributed by atoms with E-state index < -0.39 is 28.9 Å². The second-order valence-corrected chi connectivity index (χ2v) is 17.9. The second-order valence-electron chi connectivity index (χ2n) is 17.9. The van der Waals surface area contributed by atoms with Crippen molar-refractivity contribution in [2.24, 2.45) is 37.9 Å². The van der Waals surface area contributed by atoms with E-state index in [1.165, 1.54) is 35.4 Å². The first kappa shape index (κ1) is 37.6. The summed E-state index contributed by atoms with van der Waals surface area (Å²) in [5.41, 5.74) is 2.97. The molecule has 0 radical (unpaired) electrons. The van der Waals surface area contributed by atoms with E-state index in [2.05, 4.69) is 122 Å². The molecule has 55 heavy (non-hydrogen) atoms. The van der Waals surface area contributed by atoms with Crippen LogP contribution in [0.3, 0.4) is 0 Å². The molecule has 7 unspecified atom stereocenters. The lowest BCUT2D eigenvalue weighted by atomic mass is 9.24. The second kappa shape index (κ2) is 11.4. The summed E-state index contributed by atoms with van der Waals surface area (Å²) < 4.78 is 83.2. The Morgan fingerprint density at radius 3 is 1.49 bits per heavy atom. The van der Waals surface area contributed by atoms with Crippen LogP contribution in [0.25, 0.3) is 5.57 Å². The standard InChI is InChI=1S/C49H48F6/c1-31-39(32-15-9-10-16-32)38(40(33-17-21-35(22-18-33)48(50,51)52)34-19-23-36(24-20-34)49(53,54)55)29-37-30-45(6)43(4)27-12-11-25-41(43,2)42(3)26-13-14-28-44(42,5)47(45,8)46(31,37)7/h9-15,17-29H,16,30H2,1-8H3. The van der Waals surface area contributed by atoms with E-state index in [1.54, 1.807) is 0 Å². The molecule has 2 aromatic carbocycles. The van der Waals surface area contributed by atoms with E-state index in [1.807, 2.05) is 6.08 Å². The lowest BCUT2D eigenvalue weighted by Crippen LogP contribution is -2.74. The predicted octanol–water partition coefficient (Wildman–Crippen LogP) is 14.4. The van der Waals surface area contributed by atoms with Crippen molar-refractivity contribution in [1.29, 1.82) is 0 Å². The summed E-state index contributed by atoms with van der Waals surface area (Å²) in [6.07, 6.45) is 19.4. The van der Waals surface area contributed by atoms with Crippen molar-refractivity contribution in [1.82, 2.24) is 0 Å². The first-order valence-corrected chi connectivity index (χ1v) is 19.2. The Kier molecular flexibility index (Phi) is 7.78. The minimum absolute atomic E-state index is 0.272. The van der Waals surface area contributed by atoms with Gasteiger partial charge in [-0.05, 0) is 88.3 Å². The van der Waals surface area contributed by atoms with E-state index in [0.717, 1.165) is 47.4 Å². The molecule has 6 aliphatic carbocycles. The largest absolute Gasteiger partial charge is 0.416 e. The minimum atomic E-state index is -4.54. The molecule has 2 saturated carbocycles. The van der Waals surface area contributed by atoms with Crippen molar-refractivity contribution in [3.8, 4) is 0 Å². The van der Waals surface area contributed by atoms with Gasteiger partial charge in [0.05, 0.1) is 11.1 Å². The maximum atomic E-state index is 13.9. The maximum Gasteiger partial charge on any atom is 0.416 e. The van der Waals surface area contributed by atoms with Gasteiger partial charge in [0.15, 0.2) is 0 Å². The fourth-order valence-corrected chi connectivity index (χ4v) is 12.8. The fraction of sp³-hybridized carbons (Fsp3) is 0.388. The van der Waals surface area contributed by atoms with E-state index in [-0.39, 0.29) is 32.5 Å². The molecular weight excluding hydrogens is 703 g/mol. The van der Waals surface area contributed by atoms with Crippen LogP contribution in [0.15, 0.2) is 149 Å². The number of benzene rings is 2. The molecule has 0 saturated heterocycles. The van der Waals surface area contributed by atoms with Crippen molar-refractivity contribution >= 4 is 5.57 Å². The van der Waals surface area contributed by atoms with Gasteiger partial charge in [-0.3, -0.25) is 0 Å². The molecule has 0 amide bonds. The predicted molar refractivity (Wildman–Crippen MR) is 209 cm³/mol. The van der Waals surface area contributed by atoms with E-state index >= 15 is 0 Å². The summed E-state index contributed by atoms with van der Waals surface area (Å²) in [5.74, 6) is 0. The first-order valence-electron chi connectivity index (χ1n) is 19.2. The zero-order valence-electron chi connectivity index (χ0n) is 32.7. The van der Waals surface area contributed by atoms with Crippen LogP contribution in [0.4, 0.5) is 26.3 Å². The van der Waals surface area contributed by atoms with Crippen LogP contribution >= 0.6 is 0 Å². The van der Waals surface area contributed by atoms with Gasteiger partial charge in [0, 0.05) is 27.1 Å². The number of allylic oxidation sites excluding steroid dienone is 17. The Bertz CT molecular complexity index is 2220. The van der Waals surface area contributed by atoms with Crippen LogP contribution in [0.1, 0.15) is 90.5 Å². The molecule has 0 nitrogen and oxygen atoms in total. The van der Waals surface area contributed by atoms with Crippen LogP contribution in [0.5, 0.6) is 0 Å². The van der Waals surface area contributed by atoms with Gasteiger partial charge >= 0.3 is 12.4 Å². The third-order valence-electron chi connectivity index (χ3n) is 16.7. The van der Waals surface area contributed by atoms with Crippen molar-refractivity contribution < 1.29 is 26.3 Å². The molecular formula is C49H48F6. The molecule has 0 aromatic heterocycles. The van der Waals surface area contributed by atoms with E-state index in [4.69, 9.17) is 0 Å². The van der Waals surface area contributed by atoms with Crippen molar-refractivity contribution in [2.75, 3.05) is 0 Å². The van der Waals surface area contributed by atoms with E-state index in [0.29, 0.717) is 23.1 Å². The highest BCUT2D eigenvalue weighted by atomic mass is 19.4. The number of fused-ring (bicyclic) bond motifs is 8. The molecule has 0 aliphatic heterocycles. The lowest BCUT2D eigenvalue weighted by molar-refractivity contribution is -0.261. The molecule has 0 heterocycles. The molecule has 2 fully saturated rings. The Balaban J connectivity index is 1.48. The van der Waals surface area contributed by atoms with E-state index in [9.17, 15) is 26.3 Å². The number of rotatable bonds is 3. The van der Waals surface area contributed by atoms with Gasteiger partial charge in [-0.1, -0.05) is 157 Å². The zero-order chi connectivity index (χ0) is 39.8. The highest BCUT2D eigenvalue weighted by Crippen LogP contribution is 2.90. The average Bonchev–Trinajstić information content (AvgIpc) is 3.72. The molecule has 7 atom stereocenters. The van der Waals surface area contributed by atoms with Gasteiger partial charge in [-0.2, -0.15) is 26.3 Å². The molecule has 6 heteroatoms. The highest BCUT2D eigenvalue weighted by molar-refractivity contribution is 5.89. The molecule has 6 aliphatic rings. The van der Waals surface area contributed by atoms with Crippen LogP contribution in [0.2, 0.25) is 0 Å². The molecule has 2 aromatic rings. The van der Waals surface area contributed by atoms with Crippen molar-refractivity contribution in [3.63, 3.8) is 0 Å². The summed E-state index contributed by atoms with van der Waals surface area (Å²) >= 11 is 0. The number of halogens is 6. The number of alkyl halides is 6. The normalized spacial score (nSPS) is 37.4. The monoisotopic (exact) mass is 750 g/mol. The fourth-order valence-electron chi connectivity index (χ4n) is 12.8. The Labute approximate surface area is 321 Å². The topological polar surface area (TPSA) is 0 Å². The third kappa shape index (κ3) is 4.37. The number of hydrogen-bond donors (Lipinski definition) is 0. The summed E-state index contributed by atoms with van der Waals surface area (Å²) in [6.45, 7) is 19.3. The van der Waals surface area contributed by atoms with Gasteiger partial charge in [0.1, 0.15) is 0 Å². The SMILES string of the molecule is CC1=C(C2=CC=CC2)C(=C(c2ccc(C(F)(F)F)cc2)c2ccc(C(F)(F)F)cc2)C=C2CC3(C)C4(C)C=CC=CC4(C)C4(C)C=CC=CC4(C)C3(C)C21C. The van der Waals surface area contributed by atoms with Crippen LogP contribution in [0, 0.1) is 37.9 Å². The van der Waals surface area contributed by atoms with Crippen molar-refractivity contribution in [3.05, 3.63) is 172 Å². The molecule has 0 N–H and O–H groups in total. The van der Waals surface area contributed by atoms with Gasteiger partial charge in [0.25, 0.3) is 0 Å². The quantitative estimate of drug-likeness (QED) is 0.274. The Morgan fingerprint density at radius 1 is 0.582 bits per heavy atom. The van der Waals surface area contributed by atoms with Crippen molar-refractivity contribution in [2.45, 2.75) is 80.6 Å². The Hall–Kier alpha value is -4.32. The maximum absolute atomic E-state index is 13.9. The van der Waals surface area contributed by atoms with Crippen LogP contribution in [-0.4, -0.2) is 0 Å². The third-order valence-corrected chi connectivity index (χ3v) is 16.7. The van der Waals surface area contributed by atoms with Gasteiger partial charge in [-0.25, -0.2) is 0 Å². The summed E-state index contributed by atoms with van der Waals surface area (Å²) in [7, 11) is 0. The molecule has 0 spiro atoms. The van der Waals surface area contributed by atoms with Crippen LogP contribution in [-0.2, 0) is 12.4 Å². The molecule has 8 rings (SSSR count). The van der Waals surface area contributed by atoms with Gasteiger partial charge in [0.2, 0.25) is 0 Å². The summed E-state index contributed by atoms with van der Waals surface area (Å²) in [6, 6.07) is 10.1. The van der Waals surface area contributed by atoms with Gasteiger partial charge in [-0.15, -0.1) is 0 Å². The molecule has 0 bridgehead atoms. The zero-order valence-corrected chi connectivity index (χ0v) is 32.7. The smallest absolute Gasteiger partial charge is 0.166 e. The summed E-state index contributed by atoms with van der Waals surface area (Å²) in [4.78, 5) is 0. The highest BCUT2D eigenvalue weighted by Gasteiger charge is 2.84.